The van der Waals surface area contributed by atoms with Crippen LogP contribution >= 0.6 is 0 Å². The number of rotatable bonds is 4. The summed E-state index contributed by atoms with van der Waals surface area (Å²) in [6.07, 6.45) is -3.36. The second kappa shape index (κ2) is 7.69. The van der Waals surface area contributed by atoms with Crippen molar-refractivity contribution in [3.8, 4) is 0 Å². The Labute approximate surface area is 128 Å². The normalized spacial score (nSPS) is 19.5. The van der Waals surface area contributed by atoms with Crippen LogP contribution in [-0.2, 0) is 9.53 Å². The van der Waals surface area contributed by atoms with Gasteiger partial charge in [-0.3, -0.25) is 4.79 Å². The average molecular weight is 324 g/mol. The SMILES string of the molecule is CC[C@H](C)[C@@H](NC(=O)N1CCC(C(=O)OC)CC1)C(F)(F)F. The molecule has 128 valence electrons. The van der Waals surface area contributed by atoms with Crippen LogP contribution in [0.15, 0.2) is 0 Å². The van der Waals surface area contributed by atoms with E-state index in [1.165, 1.54) is 18.9 Å². The molecule has 5 nitrogen and oxygen atoms in total. The van der Waals surface area contributed by atoms with Crippen molar-refractivity contribution in [1.29, 1.82) is 0 Å². The van der Waals surface area contributed by atoms with Crippen molar-refractivity contribution in [2.45, 2.75) is 45.3 Å². The Morgan fingerprint density at radius 1 is 1.32 bits per heavy atom. The van der Waals surface area contributed by atoms with Crippen molar-refractivity contribution in [2.75, 3.05) is 20.2 Å². The lowest BCUT2D eigenvalue weighted by molar-refractivity contribution is -0.164. The highest BCUT2D eigenvalue weighted by Crippen LogP contribution is 2.28. The zero-order valence-electron chi connectivity index (χ0n) is 13.1. The first-order valence-corrected chi connectivity index (χ1v) is 7.40. The molecule has 0 aromatic rings. The Morgan fingerprint density at radius 2 is 1.86 bits per heavy atom. The number of hydrogen-bond acceptors (Lipinski definition) is 3. The molecular formula is C14H23F3N2O3. The molecular weight excluding hydrogens is 301 g/mol. The quantitative estimate of drug-likeness (QED) is 0.809. The number of piperidine rings is 1. The van der Waals surface area contributed by atoms with E-state index < -0.39 is 24.2 Å². The maximum Gasteiger partial charge on any atom is 0.408 e. The highest BCUT2D eigenvalue weighted by Gasteiger charge is 2.44. The van der Waals surface area contributed by atoms with Gasteiger partial charge in [0.15, 0.2) is 0 Å². The van der Waals surface area contributed by atoms with E-state index in [2.05, 4.69) is 10.1 Å². The third kappa shape index (κ3) is 4.78. The van der Waals surface area contributed by atoms with Crippen LogP contribution < -0.4 is 5.32 Å². The summed E-state index contributed by atoms with van der Waals surface area (Å²) in [6.45, 7) is 3.60. The van der Waals surface area contributed by atoms with E-state index in [-0.39, 0.29) is 25.0 Å². The van der Waals surface area contributed by atoms with Gasteiger partial charge in [0.05, 0.1) is 13.0 Å². The van der Waals surface area contributed by atoms with Crippen LogP contribution in [0.4, 0.5) is 18.0 Å². The van der Waals surface area contributed by atoms with E-state index in [1.807, 2.05) is 0 Å². The van der Waals surface area contributed by atoms with Gasteiger partial charge in [0.25, 0.3) is 0 Å². The maximum atomic E-state index is 13.0. The smallest absolute Gasteiger partial charge is 0.408 e. The van der Waals surface area contributed by atoms with Crippen LogP contribution in [-0.4, -0.2) is 49.3 Å². The molecule has 1 heterocycles. The molecule has 0 unspecified atom stereocenters. The lowest BCUT2D eigenvalue weighted by Crippen LogP contribution is -2.55. The van der Waals surface area contributed by atoms with Gasteiger partial charge in [0, 0.05) is 13.1 Å². The molecule has 1 aliphatic heterocycles. The van der Waals surface area contributed by atoms with Gasteiger partial charge >= 0.3 is 18.2 Å². The third-order valence-electron chi connectivity index (χ3n) is 4.16. The zero-order chi connectivity index (χ0) is 16.9. The van der Waals surface area contributed by atoms with Crippen molar-refractivity contribution in [3.05, 3.63) is 0 Å². The number of carbonyl (C=O) groups excluding carboxylic acids is 2. The number of halogens is 3. The number of hydrogen-bond donors (Lipinski definition) is 1. The molecule has 1 N–H and O–H groups in total. The lowest BCUT2D eigenvalue weighted by Gasteiger charge is -2.34. The van der Waals surface area contributed by atoms with Crippen LogP contribution in [0.1, 0.15) is 33.1 Å². The van der Waals surface area contributed by atoms with Gasteiger partial charge in [0.2, 0.25) is 0 Å². The Morgan fingerprint density at radius 3 is 2.27 bits per heavy atom. The number of esters is 1. The molecule has 1 rings (SSSR count). The fourth-order valence-electron chi connectivity index (χ4n) is 2.49. The molecule has 22 heavy (non-hydrogen) atoms. The Bertz CT molecular complexity index is 393. The maximum absolute atomic E-state index is 13.0. The monoisotopic (exact) mass is 324 g/mol. The molecule has 1 fully saturated rings. The standard InChI is InChI=1S/C14H23F3N2O3/c1-4-9(2)11(14(15,16)17)18-13(21)19-7-5-10(6-8-19)12(20)22-3/h9-11H,4-8H2,1-3H3,(H,18,21)/t9-,11+/m0/s1. The van der Waals surface area contributed by atoms with Gasteiger partial charge in [-0.15, -0.1) is 0 Å². The number of amides is 2. The summed E-state index contributed by atoms with van der Waals surface area (Å²) in [4.78, 5) is 24.7. The lowest BCUT2D eigenvalue weighted by atomic mass is 9.97. The Balaban J connectivity index is 2.60. The topological polar surface area (TPSA) is 58.6 Å². The minimum atomic E-state index is -4.48. The molecule has 2 atom stereocenters. The summed E-state index contributed by atoms with van der Waals surface area (Å²) < 4.78 is 43.6. The van der Waals surface area contributed by atoms with Crippen LogP contribution in [0.25, 0.3) is 0 Å². The van der Waals surface area contributed by atoms with Crippen LogP contribution in [0.3, 0.4) is 0 Å². The number of nitrogens with one attached hydrogen (secondary N) is 1. The summed E-state index contributed by atoms with van der Waals surface area (Å²) in [5.41, 5.74) is 0. The van der Waals surface area contributed by atoms with E-state index in [4.69, 9.17) is 0 Å². The van der Waals surface area contributed by atoms with Gasteiger partial charge in [0.1, 0.15) is 6.04 Å². The molecule has 1 aliphatic rings. The summed E-state index contributed by atoms with van der Waals surface area (Å²) in [7, 11) is 1.29. The molecule has 2 amide bonds. The summed E-state index contributed by atoms with van der Waals surface area (Å²) >= 11 is 0. The van der Waals surface area contributed by atoms with Crippen LogP contribution in [0, 0.1) is 11.8 Å². The van der Waals surface area contributed by atoms with Gasteiger partial charge in [-0.1, -0.05) is 20.3 Å². The van der Waals surface area contributed by atoms with E-state index in [1.54, 1.807) is 6.92 Å². The van der Waals surface area contributed by atoms with Crippen molar-refractivity contribution < 1.29 is 27.5 Å². The number of ether oxygens (including phenoxy) is 1. The minimum absolute atomic E-state index is 0.247. The van der Waals surface area contributed by atoms with Gasteiger partial charge in [-0.2, -0.15) is 13.2 Å². The van der Waals surface area contributed by atoms with Crippen LogP contribution in [0.5, 0.6) is 0 Å². The molecule has 8 heteroatoms. The Hall–Kier alpha value is -1.47. The molecule has 0 radical (unpaired) electrons. The van der Waals surface area contributed by atoms with Crippen LogP contribution in [0.2, 0.25) is 0 Å². The molecule has 0 spiro atoms. The molecule has 0 aliphatic carbocycles. The third-order valence-corrected chi connectivity index (χ3v) is 4.16. The molecule has 0 bridgehead atoms. The van der Waals surface area contributed by atoms with E-state index in [0.29, 0.717) is 19.3 Å². The van der Waals surface area contributed by atoms with Crippen molar-refractivity contribution >= 4 is 12.0 Å². The van der Waals surface area contributed by atoms with E-state index in [9.17, 15) is 22.8 Å². The average Bonchev–Trinajstić information content (AvgIpc) is 2.49. The van der Waals surface area contributed by atoms with Gasteiger partial charge in [-0.05, 0) is 18.8 Å². The summed E-state index contributed by atoms with van der Waals surface area (Å²) in [5.74, 6) is -1.33. The van der Waals surface area contributed by atoms with E-state index in [0.717, 1.165) is 0 Å². The predicted molar refractivity (Wildman–Crippen MR) is 74.1 cm³/mol. The first kappa shape index (κ1) is 18.6. The molecule has 1 saturated heterocycles. The molecule has 0 aromatic carbocycles. The zero-order valence-corrected chi connectivity index (χ0v) is 13.1. The summed E-state index contributed by atoms with van der Waals surface area (Å²) in [5, 5.41) is 2.08. The number of methoxy groups -OCH3 is 1. The number of nitrogens with zero attached hydrogens (tertiary/aromatic N) is 1. The highest BCUT2D eigenvalue weighted by molar-refractivity contribution is 5.76. The van der Waals surface area contributed by atoms with Gasteiger partial charge < -0.3 is 15.0 Å². The Kier molecular flexibility index (Phi) is 6.49. The highest BCUT2D eigenvalue weighted by atomic mass is 19.4. The second-order valence-corrected chi connectivity index (χ2v) is 5.64. The number of alkyl halides is 3. The number of carbonyl (C=O) groups is 2. The second-order valence-electron chi connectivity index (χ2n) is 5.64. The van der Waals surface area contributed by atoms with E-state index >= 15 is 0 Å². The molecule has 0 saturated carbocycles. The van der Waals surface area contributed by atoms with Crippen molar-refractivity contribution in [1.82, 2.24) is 10.2 Å². The first-order chi connectivity index (χ1) is 10.2. The number of urea groups is 1. The molecule has 0 aromatic heterocycles. The fourth-order valence-corrected chi connectivity index (χ4v) is 2.49. The van der Waals surface area contributed by atoms with Crippen molar-refractivity contribution in [2.24, 2.45) is 11.8 Å². The fraction of sp³-hybridized carbons (Fsp3) is 0.857. The van der Waals surface area contributed by atoms with Gasteiger partial charge in [-0.25, -0.2) is 4.79 Å². The van der Waals surface area contributed by atoms with Crippen molar-refractivity contribution in [3.63, 3.8) is 0 Å². The predicted octanol–water partition coefficient (Wildman–Crippen LogP) is 2.56. The number of likely N-dealkylation sites (tertiary alicyclic amines) is 1. The first-order valence-electron chi connectivity index (χ1n) is 7.40. The minimum Gasteiger partial charge on any atom is -0.469 e. The largest absolute Gasteiger partial charge is 0.469 e. The summed E-state index contributed by atoms with van der Waals surface area (Å²) in [6, 6.07) is -2.59.